The van der Waals surface area contributed by atoms with E-state index in [1.165, 1.54) is 0 Å². The zero-order valence-corrected chi connectivity index (χ0v) is 12.9. The second kappa shape index (κ2) is 6.18. The first-order valence-electron chi connectivity index (χ1n) is 7.82. The summed E-state index contributed by atoms with van der Waals surface area (Å²) in [6.45, 7) is 0.0873. The largest absolute Gasteiger partial charge is 0.405 e. The highest BCUT2D eigenvalue weighted by Crippen LogP contribution is 2.47. The molecular weight excluding hydrogens is 313 g/mol. The average Bonchev–Trinajstić information content (AvgIpc) is 3.17. The highest BCUT2D eigenvalue weighted by atomic mass is 19.4. The van der Waals surface area contributed by atoms with Crippen LogP contribution in [-0.2, 0) is 9.53 Å². The van der Waals surface area contributed by atoms with Crippen LogP contribution in [0, 0.1) is 11.8 Å². The van der Waals surface area contributed by atoms with Crippen LogP contribution in [0.2, 0.25) is 0 Å². The molecule has 0 aromatic rings. The Bertz CT molecular complexity index is 479. The molecule has 0 radical (unpaired) electrons. The topological polar surface area (TPSA) is 66.0 Å². The fraction of sp³-hybridized carbons (Fsp3) is 0.857. The predicted molar refractivity (Wildman–Crippen MR) is 76.9 cm³/mol. The summed E-state index contributed by atoms with van der Waals surface area (Å²) < 4.78 is 42.1. The summed E-state index contributed by atoms with van der Waals surface area (Å²) in [4.78, 5) is 17.7. The van der Waals surface area contributed by atoms with Crippen LogP contribution in [0.15, 0.2) is 4.99 Å². The molecule has 0 saturated carbocycles. The molecule has 3 fully saturated rings. The number of nitrogens with zero attached hydrogens (tertiary/aromatic N) is 2. The number of likely N-dealkylation sites (tertiary alicyclic amines) is 1. The van der Waals surface area contributed by atoms with Gasteiger partial charge in [0.1, 0.15) is 6.54 Å². The van der Waals surface area contributed by atoms with Gasteiger partial charge in [0.25, 0.3) is 0 Å². The number of ether oxygens (including phenoxy) is 1. The van der Waals surface area contributed by atoms with Gasteiger partial charge in [-0.25, -0.2) is 0 Å². The smallest absolute Gasteiger partial charge is 0.374 e. The van der Waals surface area contributed by atoms with Crippen LogP contribution in [0.3, 0.4) is 0 Å². The highest BCUT2D eigenvalue weighted by molar-refractivity contribution is 5.86. The number of aliphatic imine (C=N–C) groups is 1. The second-order valence-corrected chi connectivity index (χ2v) is 6.32. The Balaban J connectivity index is 1.47. The molecule has 3 saturated heterocycles. The summed E-state index contributed by atoms with van der Waals surface area (Å²) in [6.07, 6.45) is -1.55. The normalized spacial score (nSPS) is 33.0. The van der Waals surface area contributed by atoms with E-state index in [4.69, 9.17) is 4.74 Å². The Labute approximate surface area is 132 Å². The molecule has 2 bridgehead atoms. The van der Waals surface area contributed by atoms with Gasteiger partial charge in [0.2, 0.25) is 5.91 Å². The van der Waals surface area contributed by atoms with E-state index in [-0.39, 0.29) is 6.54 Å². The lowest BCUT2D eigenvalue weighted by Crippen LogP contribution is -2.46. The lowest BCUT2D eigenvalue weighted by molar-refractivity contribution is -0.137. The van der Waals surface area contributed by atoms with E-state index in [2.05, 4.69) is 15.2 Å². The third kappa shape index (κ3) is 3.54. The molecule has 0 aromatic heterocycles. The van der Waals surface area contributed by atoms with Crippen molar-refractivity contribution < 1.29 is 22.7 Å². The maximum absolute atomic E-state index is 12.1. The van der Waals surface area contributed by atoms with Crippen molar-refractivity contribution in [2.45, 2.75) is 31.2 Å². The molecular formula is C14H21F3N4O2. The number of rotatable bonds is 3. The Morgan fingerprint density at radius 3 is 2.35 bits per heavy atom. The number of carbonyl (C=O) groups excluding carboxylic acids is 1. The number of nitrogens with one attached hydrogen (secondary N) is 2. The maximum atomic E-state index is 12.1. The summed E-state index contributed by atoms with van der Waals surface area (Å²) in [5.41, 5.74) is 0. The van der Waals surface area contributed by atoms with Crippen molar-refractivity contribution >= 4 is 11.9 Å². The zero-order chi connectivity index (χ0) is 16.6. The van der Waals surface area contributed by atoms with Crippen LogP contribution >= 0.6 is 0 Å². The minimum absolute atomic E-state index is 0.224. The van der Waals surface area contributed by atoms with E-state index in [1.807, 2.05) is 5.32 Å². The van der Waals surface area contributed by atoms with Crippen LogP contribution < -0.4 is 10.6 Å². The lowest BCUT2D eigenvalue weighted by atomic mass is 9.82. The Kier molecular flexibility index (Phi) is 4.39. The quantitative estimate of drug-likeness (QED) is 0.577. The number of halogens is 3. The van der Waals surface area contributed by atoms with E-state index >= 15 is 0 Å². The summed E-state index contributed by atoms with van der Waals surface area (Å²) >= 11 is 0. The number of hydrogen-bond acceptors (Lipinski definition) is 3. The van der Waals surface area contributed by atoms with Crippen LogP contribution in [0.25, 0.3) is 0 Å². The molecule has 3 rings (SSSR count). The maximum Gasteiger partial charge on any atom is 0.405 e. The van der Waals surface area contributed by atoms with Crippen LogP contribution in [-0.4, -0.2) is 68.4 Å². The van der Waals surface area contributed by atoms with Crippen molar-refractivity contribution in [1.29, 1.82) is 0 Å². The second-order valence-electron chi connectivity index (χ2n) is 6.32. The molecule has 0 aliphatic carbocycles. The van der Waals surface area contributed by atoms with Gasteiger partial charge in [0.05, 0.1) is 18.8 Å². The monoisotopic (exact) mass is 334 g/mol. The zero-order valence-electron chi connectivity index (χ0n) is 12.9. The van der Waals surface area contributed by atoms with Crippen LogP contribution in [0.1, 0.15) is 12.8 Å². The van der Waals surface area contributed by atoms with Gasteiger partial charge in [0, 0.05) is 32.0 Å². The van der Waals surface area contributed by atoms with Gasteiger partial charge < -0.3 is 20.3 Å². The first-order valence-corrected chi connectivity index (χ1v) is 7.82. The number of alkyl halides is 3. The van der Waals surface area contributed by atoms with Crippen LogP contribution in [0.5, 0.6) is 0 Å². The molecule has 4 unspecified atom stereocenters. The summed E-state index contributed by atoms with van der Waals surface area (Å²) in [5.74, 6) is 0.838. The highest BCUT2D eigenvalue weighted by Gasteiger charge is 2.53. The standard InChI is InChI=1S/C14H21F3N4O2/c1-18-13(19-4-12(22)20-7-14(15,16)17)21-5-8-9(6-21)11-3-2-10(8)23-11/h8-11H,2-7H2,1H3,(H,18,19)(H,20,22). The van der Waals surface area contributed by atoms with Crippen molar-refractivity contribution in [3.63, 3.8) is 0 Å². The summed E-state index contributed by atoms with van der Waals surface area (Å²) in [6, 6.07) is 0. The first-order chi connectivity index (χ1) is 10.9. The molecule has 3 heterocycles. The van der Waals surface area contributed by atoms with E-state index < -0.39 is 18.6 Å². The van der Waals surface area contributed by atoms with Crippen molar-refractivity contribution in [2.24, 2.45) is 16.8 Å². The SMILES string of the molecule is CN=C(NCC(=O)NCC(F)(F)F)N1CC2C3CCC(O3)C2C1. The van der Waals surface area contributed by atoms with Gasteiger partial charge in [-0.15, -0.1) is 0 Å². The molecule has 9 heteroatoms. The minimum Gasteiger partial charge on any atom is -0.374 e. The van der Waals surface area contributed by atoms with Crippen LogP contribution in [0.4, 0.5) is 13.2 Å². The summed E-state index contributed by atoms with van der Waals surface area (Å²) in [5, 5.41) is 4.68. The first kappa shape index (κ1) is 16.4. The van der Waals surface area contributed by atoms with Gasteiger partial charge in [-0.2, -0.15) is 13.2 Å². The fourth-order valence-electron chi connectivity index (χ4n) is 3.89. The Hall–Kier alpha value is -1.51. The van der Waals surface area contributed by atoms with Gasteiger partial charge in [-0.05, 0) is 12.8 Å². The fourth-order valence-corrected chi connectivity index (χ4v) is 3.89. The van der Waals surface area contributed by atoms with Gasteiger partial charge in [0.15, 0.2) is 5.96 Å². The molecule has 1 amide bonds. The molecule has 0 spiro atoms. The van der Waals surface area contributed by atoms with E-state index in [0.29, 0.717) is 30.0 Å². The number of fused-ring (bicyclic) bond motifs is 5. The molecule has 130 valence electrons. The van der Waals surface area contributed by atoms with E-state index in [9.17, 15) is 18.0 Å². The van der Waals surface area contributed by atoms with Crippen molar-refractivity contribution in [2.75, 3.05) is 33.2 Å². The summed E-state index contributed by atoms with van der Waals surface area (Å²) in [7, 11) is 1.61. The molecule has 3 aliphatic heterocycles. The molecule has 2 N–H and O–H groups in total. The Morgan fingerprint density at radius 2 is 1.83 bits per heavy atom. The number of amides is 1. The van der Waals surface area contributed by atoms with Crippen molar-refractivity contribution in [3.05, 3.63) is 0 Å². The van der Waals surface area contributed by atoms with Crippen molar-refractivity contribution in [1.82, 2.24) is 15.5 Å². The minimum atomic E-state index is -4.40. The number of carbonyl (C=O) groups is 1. The number of guanidine groups is 1. The van der Waals surface area contributed by atoms with Gasteiger partial charge in [-0.3, -0.25) is 9.79 Å². The Morgan fingerprint density at radius 1 is 1.22 bits per heavy atom. The average molecular weight is 334 g/mol. The molecule has 6 nitrogen and oxygen atoms in total. The lowest BCUT2D eigenvalue weighted by Gasteiger charge is -2.23. The molecule has 3 aliphatic rings. The third-order valence-corrected chi connectivity index (χ3v) is 4.86. The van der Waals surface area contributed by atoms with Gasteiger partial charge >= 0.3 is 6.18 Å². The number of hydrogen-bond donors (Lipinski definition) is 2. The third-order valence-electron chi connectivity index (χ3n) is 4.86. The predicted octanol–water partition coefficient (Wildman–Crippen LogP) is 0.350. The molecule has 23 heavy (non-hydrogen) atoms. The van der Waals surface area contributed by atoms with E-state index in [1.54, 1.807) is 7.05 Å². The van der Waals surface area contributed by atoms with E-state index in [0.717, 1.165) is 25.9 Å². The molecule has 0 aromatic carbocycles. The van der Waals surface area contributed by atoms with Gasteiger partial charge in [-0.1, -0.05) is 0 Å². The van der Waals surface area contributed by atoms with Crippen molar-refractivity contribution in [3.8, 4) is 0 Å². The molecule has 4 atom stereocenters.